The summed E-state index contributed by atoms with van der Waals surface area (Å²) in [5.74, 6) is 0.203. The number of pyridine rings is 1. The van der Waals surface area contributed by atoms with Gasteiger partial charge in [-0.1, -0.05) is 0 Å². The van der Waals surface area contributed by atoms with Crippen LogP contribution in [0.2, 0.25) is 0 Å². The molecule has 1 saturated heterocycles. The van der Waals surface area contributed by atoms with Crippen molar-refractivity contribution in [1.82, 2.24) is 19.9 Å². The van der Waals surface area contributed by atoms with E-state index < -0.39 is 11.6 Å². The highest BCUT2D eigenvalue weighted by Gasteiger charge is 2.19. The number of hydrogen-bond donors (Lipinski definition) is 2. The largest absolute Gasteiger partial charge is 0.352 e. The van der Waals surface area contributed by atoms with Crippen LogP contribution < -0.4 is 15.5 Å². The van der Waals surface area contributed by atoms with E-state index >= 15 is 0 Å². The summed E-state index contributed by atoms with van der Waals surface area (Å²) in [6.45, 7) is 3.18. The number of anilines is 5. The van der Waals surface area contributed by atoms with Crippen molar-refractivity contribution in [3.8, 4) is 6.07 Å². The molecule has 10 heteroatoms. The summed E-state index contributed by atoms with van der Waals surface area (Å²) in [6, 6.07) is 9.37. The number of halogens is 2. The number of hydrogen-bond acceptors (Lipinski definition) is 8. The predicted molar refractivity (Wildman–Crippen MR) is 118 cm³/mol. The summed E-state index contributed by atoms with van der Waals surface area (Å²) in [7, 11) is 2.04. The SMILES string of the molecule is CN1CCN(c2ncc(Nc3nccc(Nc4ccc(F)c(CC#N)c4)n3)cc2F)CC1. The fraction of sp³-hybridized carbons (Fsp3) is 0.273. The zero-order valence-corrected chi connectivity index (χ0v) is 17.5. The summed E-state index contributed by atoms with van der Waals surface area (Å²) in [4.78, 5) is 16.9. The summed E-state index contributed by atoms with van der Waals surface area (Å²) in [5, 5.41) is 14.8. The lowest BCUT2D eigenvalue weighted by Crippen LogP contribution is -2.45. The first-order valence-corrected chi connectivity index (χ1v) is 10.1. The number of likely N-dealkylation sites (N-methyl/N-ethyl adjacent to an activating group) is 1. The molecule has 164 valence electrons. The Morgan fingerprint density at radius 1 is 1.00 bits per heavy atom. The molecule has 1 aliphatic heterocycles. The molecular weight excluding hydrogens is 414 g/mol. The second-order valence-electron chi connectivity index (χ2n) is 7.48. The predicted octanol–water partition coefficient (Wildman–Crippen LogP) is 3.45. The Hall–Kier alpha value is -3.84. The van der Waals surface area contributed by atoms with E-state index in [-0.39, 0.29) is 12.4 Å². The van der Waals surface area contributed by atoms with Crippen LogP contribution in [0.3, 0.4) is 0 Å². The summed E-state index contributed by atoms with van der Waals surface area (Å²) < 4.78 is 28.4. The Kier molecular flexibility index (Phi) is 6.37. The number of nitrogens with one attached hydrogen (secondary N) is 2. The Morgan fingerprint density at radius 2 is 1.81 bits per heavy atom. The van der Waals surface area contributed by atoms with Crippen molar-refractivity contribution >= 4 is 29.0 Å². The maximum absolute atomic E-state index is 14.7. The van der Waals surface area contributed by atoms with E-state index in [1.807, 2.05) is 18.0 Å². The molecule has 3 heterocycles. The molecule has 0 radical (unpaired) electrons. The molecule has 3 aromatic rings. The van der Waals surface area contributed by atoms with E-state index in [0.717, 1.165) is 26.2 Å². The van der Waals surface area contributed by atoms with Crippen LogP contribution in [-0.4, -0.2) is 53.1 Å². The van der Waals surface area contributed by atoms with Crippen molar-refractivity contribution < 1.29 is 8.78 Å². The number of rotatable bonds is 6. The normalized spacial score (nSPS) is 14.1. The van der Waals surface area contributed by atoms with Crippen LogP contribution in [0, 0.1) is 23.0 Å². The fourth-order valence-corrected chi connectivity index (χ4v) is 3.39. The molecular formula is C22H22F2N8. The van der Waals surface area contributed by atoms with Gasteiger partial charge in [-0.2, -0.15) is 10.2 Å². The minimum Gasteiger partial charge on any atom is -0.352 e. The van der Waals surface area contributed by atoms with Crippen molar-refractivity contribution in [2.75, 3.05) is 48.8 Å². The topological polar surface area (TPSA) is 93.0 Å². The molecule has 0 aliphatic carbocycles. The number of aromatic nitrogens is 3. The summed E-state index contributed by atoms with van der Waals surface area (Å²) >= 11 is 0. The van der Waals surface area contributed by atoms with E-state index in [1.165, 1.54) is 12.1 Å². The van der Waals surface area contributed by atoms with Crippen LogP contribution in [0.15, 0.2) is 42.7 Å². The molecule has 0 spiro atoms. The van der Waals surface area contributed by atoms with Gasteiger partial charge in [-0.3, -0.25) is 0 Å². The molecule has 0 unspecified atom stereocenters. The van der Waals surface area contributed by atoms with Gasteiger partial charge in [0, 0.05) is 49.7 Å². The zero-order chi connectivity index (χ0) is 22.5. The first-order chi connectivity index (χ1) is 15.5. The van der Waals surface area contributed by atoms with E-state index in [2.05, 4.69) is 30.5 Å². The van der Waals surface area contributed by atoms with Crippen LogP contribution in [0.1, 0.15) is 5.56 Å². The quantitative estimate of drug-likeness (QED) is 0.607. The van der Waals surface area contributed by atoms with Crippen LogP contribution in [0.25, 0.3) is 0 Å². The molecule has 1 aromatic carbocycles. The molecule has 2 aromatic heterocycles. The second kappa shape index (κ2) is 9.53. The highest BCUT2D eigenvalue weighted by molar-refractivity contribution is 5.61. The maximum atomic E-state index is 14.7. The Balaban J connectivity index is 1.46. The van der Waals surface area contributed by atoms with E-state index in [9.17, 15) is 8.78 Å². The molecule has 0 saturated carbocycles. The van der Waals surface area contributed by atoms with Crippen LogP contribution in [0.4, 0.5) is 37.7 Å². The molecule has 0 bridgehead atoms. The number of nitriles is 1. The van der Waals surface area contributed by atoms with Gasteiger partial charge in [0.15, 0.2) is 11.6 Å². The van der Waals surface area contributed by atoms with E-state index in [1.54, 1.807) is 30.6 Å². The smallest absolute Gasteiger partial charge is 0.229 e. The molecule has 32 heavy (non-hydrogen) atoms. The van der Waals surface area contributed by atoms with Crippen LogP contribution in [-0.2, 0) is 6.42 Å². The molecule has 0 amide bonds. The van der Waals surface area contributed by atoms with Gasteiger partial charge in [-0.15, -0.1) is 0 Å². The highest BCUT2D eigenvalue weighted by atomic mass is 19.1. The third kappa shape index (κ3) is 5.07. The lowest BCUT2D eigenvalue weighted by atomic mass is 10.1. The standard InChI is InChI=1S/C22H22F2N8/c1-31-8-10-32(11-9-31)21-19(24)13-17(14-27-21)29-22-26-7-5-20(30-22)28-16-2-3-18(23)15(12-16)4-6-25/h2-3,5,7,12-14H,4,8-11H2,1H3,(H2,26,28,29,30). The molecule has 4 rings (SSSR count). The van der Waals surface area contributed by atoms with Gasteiger partial charge in [0.05, 0.1) is 24.4 Å². The van der Waals surface area contributed by atoms with Crippen molar-refractivity contribution in [3.63, 3.8) is 0 Å². The van der Waals surface area contributed by atoms with Crippen molar-refractivity contribution in [3.05, 3.63) is 59.9 Å². The molecule has 2 N–H and O–H groups in total. The first-order valence-electron chi connectivity index (χ1n) is 10.1. The minimum atomic E-state index is -0.434. The highest BCUT2D eigenvalue weighted by Crippen LogP contribution is 2.23. The lowest BCUT2D eigenvalue weighted by molar-refractivity contribution is 0.311. The zero-order valence-electron chi connectivity index (χ0n) is 17.5. The van der Waals surface area contributed by atoms with Gasteiger partial charge in [0.25, 0.3) is 0 Å². The lowest BCUT2D eigenvalue weighted by Gasteiger charge is -2.33. The average molecular weight is 436 g/mol. The average Bonchev–Trinajstić information content (AvgIpc) is 2.77. The van der Waals surface area contributed by atoms with E-state index in [0.29, 0.717) is 28.6 Å². The van der Waals surface area contributed by atoms with Gasteiger partial charge in [0.1, 0.15) is 11.6 Å². The van der Waals surface area contributed by atoms with E-state index in [4.69, 9.17) is 5.26 Å². The maximum Gasteiger partial charge on any atom is 0.229 e. The molecule has 0 atom stereocenters. The van der Waals surface area contributed by atoms with Gasteiger partial charge >= 0.3 is 0 Å². The van der Waals surface area contributed by atoms with Crippen LogP contribution >= 0.6 is 0 Å². The Labute approximate surface area is 184 Å². The summed E-state index contributed by atoms with van der Waals surface area (Å²) in [5.41, 5.74) is 1.31. The first kappa shape index (κ1) is 21.4. The van der Waals surface area contributed by atoms with Crippen molar-refractivity contribution in [1.29, 1.82) is 5.26 Å². The van der Waals surface area contributed by atoms with Gasteiger partial charge in [0.2, 0.25) is 5.95 Å². The Bertz CT molecular complexity index is 1140. The fourth-order valence-electron chi connectivity index (χ4n) is 3.39. The van der Waals surface area contributed by atoms with Gasteiger partial charge in [-0.25, -0.2) is 18.7 Å². The van der Waals surface area contributed by atoms with Crippen molar-refractivity contribution in [2.24, 2.45) is 0 Å². The summed E-state index contributed by atoms with van der Waals surface area (Å²) in [6.07, 6.45) is 3.06. The van der Waals surface area contributed by atoms with Gasteiger partial charge in [-0.05, 0) is 31.3 Å². The monoisotopic (exact) mass is 436 g/mol. The van der Waals surface area contributed by atoms with Crippen molar-refractivity contribution in [2.45, 2.75) is 6.42 Å². The van der Waals surface area contributed by atoms with Gasteiger partial charge < -0.3 is 20.4 Å². The molecule has 1 fully saturated rings. The number of piperazine rings is 1. The van der Waals surface area contributed by atoms with Crippen LogP contribution in [0.5, 0.6) is 0 Å². The second-order valence-corrected chi connectivity index (χ2v) is 7.48. The number of benzene rings is 1. The minimum absolute atomic E-state index is 0.0272. The third-order valence-electron chi connectivity index (χ3n) is 5.12. The number of nitrogens with zero attached hydrogens (tertiary/aromatic N) is 6. The third-order valence-corrected chi connectivity index (χ3v) is 5.12. The Morgan fingerprint density at radius 3 is 2.56 bits per heavy atom. The molecule has 1 aliphatic rings. The molecule has 8 nitrogen and oxygen atoms in total.